The van der Waals surface area contributed by atoms with Gasteiger partial charge in [0.1, 0.15) is 17.2 Å². The van der Waals surface area contributed by atoms with Crippen LogP contribution in [0.15, 0.2) is 57.5 Å². The van der Waals surface area contributed by atoms with E-state index in [0.29, 0.717) is 11.5 Å². The Labute approximate surface area is 162 Å². The van der Waals surface area contributed by atoms with Crippen molar-refractivity contribution in [2.45, 2.75) is 25.3 Å². The number of halogens is 2. The van der Waals surface area contributed by atoms with Crippen molar-refractivity contribution < 1.29 is 13.3 Å². The highest BCUT2D eigenvalue weighted by atomic mass is 35.5. The molecule has 2 aromatic carbocycles. The van der Waals surface area contributed by atoms with Crippen molar-refractivity contribution >= 4 is 34.3 Å². The SMILES string of the molecule is Cl.Fc1ccc2c(C3CCN(Cc4cc5ccccc5o4)CC3)noc2c1. The van der Waals surface area contributed by atoms with Gasteiger partial charge >= 0.3 is 0 Å². The van der Waals surface area contributed by atoms with Crippen molar-refractivity contribution in [1.82, 2.24) is 10.1 Å². The molecule has 0 atom stereocenters. The van der Waals surface area contributed by atoms with Crippen molar-refractivity contribution in [3.63, 3.8) is 0 Å². The molecule has 5 rings (SSSR count). The molecule has 0 bridgehead atoms. The Morgan fingerprint density at radius 1 is 1.04 bits per heavy atom. The Balaban J connectivity index is 0.00000180. The summed E-state index contributed by atoms with van der Waals surface area (Å²) in [6, 6.07) is 14.9. The molecular formula is C21H20ClFN2O2. The Morgan fingerprint density at radius 3 is 2.67 bits per heavy atom. The predicted molar refractivity (Wildman–Crippen MR) is 105 cm³/mol. The lowest BCUT2D eigenvalue weighted by Gasteiger charge is -2.30. The van der Waals surface area contributed by atoms with Gasteiger partial charge in [0.2, 0.25) is 0 Å². The van der Waals surface area contributed by atoms with Crippen LogP contribution in [0.5, 0.6) is 0 Å². The van der Waals surface area contributed by atoms with Gasteiger partial charge in [0.25, 0.3) is 0 Å². The van der Waals surface area contributed by atoms with Crippen molar-refractivity contribution in [1.29, 1.82) is 0 Å². The number of aromatic nitrogens is 1. The lowest BCUT2D eigenvalue weighted by Crippen LogP contribution is -2.32. The number of para-hydroxylation sites is 1. The summed E-state index contributed by atoms with van der Waals surface area (Å²) in [4.78, 5) is 2.41. The van der Waals surface area contributed by atoms with E-state index in [1.54, 1.807) is 6.07 Å². The van der Waals surface area contributed by atoms with Crippen molar-refractivity contribution in [3.8, 4) is 0 Å². The minimum absolute atomic E-state index is 0. The topological polar surface area (TPSA) is 42.4 Å². The number of nitrogens with zero attached hydrogens (tertiary/aromatic N) is 2. The summed E-state index contributed by atoms with van der Waals surface area (Å²) < 4.78 is 24.6. The van der Waals surface area contributed by atoms with Crippen LogP contribution in [0.1, 0.15) is 30.2 Å². The van der Waals surface area contributed by atoms with Crippen LogP contribution in [-0.4, -0.2) is 23.1 Å². The number of furan rings is 1. The molecule has 3 heterocycles. The second-order valence-corrected chi connectivity index (χ2v) is 7.01. The summed E-state index contributed by atoms with van der Waals surface area (Å²) in [5.74, 6) is 1.07. The minimum Gasteiger partial charge on any atom is -0.460 e. The fourth-order valence-corrected chi connectivity index (χ4v) is 3.92. The largest absolute Gasteiger partial charge is 0.460 e. The molecule has 1 aliphatic rings. The highest BCUT2D eigenvalue weighted by molar-refractivity contribution is 5.85. The molecule has 0 N–H and O–H groups in total. The number of rotatable bonds is 3. The minimum atomic E-state index is -0.291. The second-order valence-electron chi connectivity index (χ2n) is 7.01. The van der Waals surface area contributed by atoms with Crippen LogP contribution >= 0.6 is 12.4 Å². The van der Waals surface area contributed by atoms with Crippen LogP contribution in [0.4, 0.5) is 4.39 Å². The summed E-state index contributed by atoms with van der Waals surface area (Å²) >= 11 is 0. The molecule has 1 aliphatic heterocycles. The van der Waals surface area contributed by atoms with Gasteiger partial charge in [-0.3, -0.25) is 4.90 Å². The maximum Gasteiger partial charge on any atom is 0.170 e. The van der Waals surface area contributed by atoms with Crippen molar-refractivity contribution in [2.75, 3.05) is 13.1 Å². The molecule has 4 aromatic rings. The zero-order chi connectivity index (χ0) is 17.5. The predicted octanol–water partition coefficient (Wildman–Crippen LogP) is 5.51. The number of benzene rings is 2. The average Bonchev–Trinajstić information content (AvgIpc) is 3.25. The van der Waals surface area contributed by atoms with Gasteiger partial charge in [0.15, 0.2) is 5.58 Å². The first-order valence-corrected chi connectivity index (χ1v) is 9.01. The van der Waals surface area contributed by atoms with Crippen LogP contribution in [0.2, 0.25) is 0 Å². The van der Waals surface area contributed by atoms with E-state index in [2.05, 4.69) is 22.2 Å². The van der Waals surface area contributed by atoms with Gasteiger partial charge in [-0.2, -0.15) is 0 Å². The fraction of sp³-hybridized carbons (Fsp3) is 0.286. The Morgan fingerprint density at radius 2 is 1.85 bits per heavy atom. The van der Waals surface area contributed by atoms with E-state index in [4.69, 9.17) is 8.94 Å². The smallest absolute Gasteiger partial charge is 0.170 e. The van der Waals surface area contributed by atoms with Crippen LogP contribution in [0.3, 0.4) is 0 Å². The molecule has 0 aliphatic carbocycles. The van der Waals surface area contributed by atoms with Gasteiger partial charge in [0.05, 0.1) is 12.2 Å². The molecule has 2 aromatic heterocycles. The normalized spacial score (nSPS) is 16.0. The van der Waals surface area contributed by atoms with Crippen LogP contribution in [-0.2, 0) is 6.54 Å². The van der Waals surface area contributed by atoms with Gasteiger partial charge in [0, 0.05) is 22.8 Å². The molecule has 1 fully saturated rings. The zero-order valence-electron chi connectivity index (χ0n) is 14.7. The number of piperidine rings is 1. The summed E-state index contributed by atoms with van der Waals surface area (Å²) in [7, 11) is 0. The second kappa shape index (κ2) is 7.33. The van der Waals surface area contributed by atoms with Crippen molar-refractivity contribution in [3.05, 3.63) is 65.8 Å². The molecule has 4 nitrogen and oxygen atoms in total. The fourth-order valence-electron chi connectivity index (χ4n) is 3.92. The zero-order valence-corrected chi connectivity index (χ0v) is 15.5. The number of hydrogen-bond donors (Lipinski definition) is 0. The standard InChI is InChI=1S/C21H19FN2O2.ClH/c22-16-5-6-18-20(12-16)26-23-21(18)14-7-9-24(10-8-14)13-17-11-15-3-1-2-4-19(15)25-17;/h1-6,11-12,14H,7-10,13H2;1H. The maximum atomic E-state index is 13.3. The number of fused-ring (bicyclic) bond motifs is 2. The first-order chi connectivity index (χ1) is 12.8. The van der Waals surface area contributed by atoms with E-state index in [9.17, 15) is 4.39 Å². The third-order valence-electron chi connectivity index (χ3n) is 5.29. The molecule has 1 saturated heterocycles. The summed E-state index contributed by atoms with van der Waals surface area (Å²) in [5, 5.41) is 6.30. The van der Waals surface area contributed by atoms with Gasteiger partial charge in [-0.15, -0.1) is 12.4 Å². The highest BCUT2D eigenvalue weighted by Crippen LogP contribution is 2.33. The Kier molecular flexibility index (Phi) is 4.89. The van der Waals surface area contributed by atoms with E-state index in [1.807, 2.05) is 18.2 Å². The number of hydrogen-bond acceptors (Lipinski definition) is 4. The summed E-state index contributed by atoms with van der Waals surface area (Å²) in [5.41, 5.74) is 2.44. The van der Waals surface area contributed by atoms with E-state index < -0.39 is 0 Å². The van der Waals surface area contributed by atoms with Gasteiger partial charge in [-0.1, -0.05) is 23.4 Å². The quantitative estimate of drug-likeness (QED) is 0.465. The average molecular weight is 387 g/mol. The Hall–Kier alpha value is -2.37. The molecule has 6 heteroatoms. The molecule has 0 radical (unpaired) electrons. The monoisotopic (exact) mass is 386 g/mol. The highest BCUT2D eigenvalue weighted by Gasteiger charge is 2.25. The third-order valence-corrected chi connectivity index (χ3v) is 5.29. The molecule has 0 saturated carbocycles. The van der Waals surface area contributed by atoms with Gasteiger partial charge in [-0.05, 0) is 50.2 Å². The molecule has 0 spiro atoms. The summed E-state index contributed by atoms with van der Waals surface area (Å²) in [6.45, 7) is 2.79. The van der Waals surface area contributed by atoms with Gasteiger partial charge in [-0.25, -0.2) is 4.39 Å². The van der Waals surface area contributed by atoms with Crippen LogP contribution in [0, 0.1) is 5.82 Å². The first kappa shape index (κ1) is 18.0. The van der Waals surface area contributed by atoms with Crippen molar-refractivity contribution in [2.24, 2.45) is 0 Å². The van der Waals surface area contributed by atoms with E-state index in [1.165, 1.54) is 12.1 Å². The maximum absolute atomic E-state index is 13.3. The summed E-state index contributed by atoms with van der Waals surface area (Å²) in [6.07, 6.45) is 2.03. The van der Waals surface area contributed by atoms with Gasteiger partial charge < -0.3 is 8.94 Å². The lowest BCUT2D eigenvalue weighted by molar-refractivity contribution is 0.190. The first-order valence-electron chi connectivity index (χ1n) is 9.01. The number of likely N-dealkylation sites (tertiary alicyclic amines) is 1. The van der Waals surface area contributed by atoms with Crippen LogP contribution < -0.4 is 0 Å². The van der Waals surface area contributed by atoms with E-state index >= 15 is 0 Å². The Bertz CT molecular complexity index is 1030. The molecule has 0 amide bonds. The van der Waals surface area contributed by atoms with E-state index in [-0.39, 0.29) is 18.2 Å². The molecular weight excluding hydrogens is 367 g/mol. The van der Waals surface area contributed by atoms with E-state index in [0.717, 1.165) is 60.3 Å². The molecule has 0 unspecified atom stereocenters. The molecule has 140 valence electrons. The third kappa shape index (κ3) is 3.45. The lowest BCUT2D eigenvalue weighted by atomic mass is 9.91. The molecule has 27 heavy (non-hydrogen) atoms. The van der Waals surface area contributed by atoms with Crippen LogP contribution in [0.25, 0.3) is 21.9 Å².